The van der Waals surface area contributed by atoms with E-state index >= 15 is 0 Å². The molecule has 1 aromatic heterocycles. The van der Waals surface area contributed by atoms with Crippen molar-refractivity contribution in [3.63, 3.8) is 0 Å². The van der Waals surface area contributed by atoms with Gasteiger partial charge in [0.25, 0.3) is 0 Å². The summed E-state index contributed by atoms with van der Waals surface area (Å²) in [4.78, 5) is 0. The lowest BCUT2D eigenvalue weighted by molar-refractivity contribution is 0.0920. The molecular formula is C8H14N2O2. The Bertz CT molecular complexity index is 235. The Morgan fingerprint density at radius 1 is 1.67 bits per heavy atom. The summed E-state index contributed by atoms with van der Waals surface area (Å²) < 4.78 is 12.1. The Hall–Kier alpha value is -1.03. The third-order valence-corrected chi connectivity index (χ3v) is 1.42. The van der Waals surface area contributed by atoms with Crippen LogP contribution in [0.2, 0.25) is 0 Å². The monoisotopic (exact) mass is 170 g/mol. The predicted octanol–water partition coefficient (Wildman–Crippen LogP) is 0.834. The van der Waals surface area contributed by atoms with Crippen molar-refractivity contribution in [2.24, 2.45) is 7.05 Å². The van der Waals surface area contributed by atoms with E-state index in [2.05, 4.69) is 5.10 Å². The predicted molar refractivity (Wildman–Crippen MR) is 45.2 cm³/mol. The maximum atomic E-state index is 5.47. The number of aromatic nitrogens is 2. The molecule has 0 aliphatic heterocycles. The highest BCUT2D eigenvalue weighted by Crippen LogP contribution is 2.09. The number of rotatable bonds is 4. The molecule has 0 bridgehead atoms. The first-order valence-electron chi connectivity index (χ1n) is 3.86. The number of aryl methyl sites for hydroxylation is 1. The summed E-state index contributed by atoms with van der Waals surface area (Å²) >= 11 is 0. The molecule has 0 saturated carbocycles. The highest BCUT2D eigenvalue weighted by Gasteiger charge is 2.03. The van der Waals surface area contributed by atoms with Gasteiger partial charge < -0.3 is 9.47 Å². The van der Waals surface area contributed by atoms with Crippen molar-refractivity contribution in [2.45, 2.75) is 13.0 Å². The third kappa shape index (κ3) is 2.54. The maximum Gasteiger partial charge on any atom is 0.157 e. The number of hydrogen-bond donors (Lipinski definition) is 0. The van der Waals surface area contributed by atoms with Gasteiger partial charge in [-0.15, -0.1) is 0 Å². The van der Waals surface area contributed by atoms with Crippen molar-refractivity contribution >= 4 is 0 Å². The molecule has 4 nitrogen and oxygen atoms in total. The SMILES string of the molecule is COCC(C)Oc1cnn(C)c1. The molecule has 68 valence electrons. The summed E-state index contributed by atoms with van der Waals surface area (Å²) in [6.07, 6.45) is 3.58. The van der Waals surface area contributed by atoms with E-state index < -0.39 is 0 Å². The van der Waals surface area contributed by atoms with Crippen molar-refractivity contribution in [3.05, 3.63) is 12.4 Å². The van der Waals surface area contributed by atoms with Crippen LogP contribution in [-0.2, 0) is 11.8 Å². The zero-order chi connectivity index (χ0) is 8.97. The molecular weight excluding hydrogens is 156 g/mol. The fraction of sp³-hybridized carbons (Fsp3) is 0.625. The van der Waals surface area contributed by atoms with E-state index in [1.165, 1.54) is 0 Å². The van der Waals surface area contributed by atoms with Crippen LogP contribution in [0.25, 0.3) is 0 Å². The van der Waals surface area contributed by atoms with Crippen LogP contribution in [0.4, 0.5) is 0 Å². The second-order valence-corrected chi connectivity index (χ2v) is 2.73. The quantitative estimate of drug-likeness (QED) is 0.671. The molecule has 1 rings (SSSR count). The third-order valence-electron chi connectivity index (χ3n) is 1.42. The van der Waals surface area contributed by atoms with Gasteiger partial charge in [0.15, 0.2) is 5.75 Å². The highest BCUT2D eigenvalue weighted by molar-refractivity contribution is 5.11. The van der Waals surface area contributed by atoms with Crippen LogP contribution in [0.1, 0.15) is 6.92 Å². The van der Waals surface area contributed by atoms with Crippen LogP contribution in [-0.4, -0.2) is 29.6 Å². The van der Waals surface area contributed by atoms with Crippen molar-refractivity contribution in [1.29, 1.82) is 0 Å². The van der Waals surface area contributed by atoms with E-state index in [1.807, 2.05) is 20.2 Å². The second kappa shape index (κ2) is 4.11. The normalized spacial score (nSPS) is 12.9. The van der Waals surface area contributed by atoms with Gasteiger partial charge in [0.1, 0.15) is 6.10 Å². The molecule has 0 saturated heterocycles. The largest absolute Gasteiger partial charge is 0.485 e. The molecule has 1 aromatic rings. The fourth-order valence-electron chi connectivity index (χ4n) is 0.961. The zero-order valence-electron chi connectivity index (χ0n) is 7.65. The summed E-state index contributed by atoms with van der Waals surface area (Å²) in [6.45, 7) is 2.55. The molecule has 1 unspecified atom stereocenters. The Balaban J connectivity index is 2.41. The van der Waals surface area contributed by atoms with E-state index in [0.717, 1.165) is 5.75 Å². The topological polar surface area (TPSA) is 36.3 Å². The number of hydrogen-bond acceptors (Lipinski definition) is 3. The molecule has 0 aromatic carbocycles. The Morgan fingerprint density at radius 3 is 2.92 bits per heavy atom. The molecule has 0 N–H and O–H groups in total. The standard InChI is InChI=1S/C8H14N2O2/c1-7(6-11-3)12-8-4-9-10(2)5-8/h4-5,7H,6H2,1-3H3. The van der Waals surface area contributed by atoms with Gasteiger partial charge in [-0.25, -0.2) is 0 Å². The molecule has 0 fully saturated rings. The summed E-state index contributed by atoms with van der Waals surface area (Å²) in [5.41, 5.74) is 0. The molecule has 0 radical (unpaired) electrons. The molecule has 0 aliphatic carbocycles. The average Bonchev–Trinajstić information content (AvgIpc) is 2.36. The van der Waals surface area contributed by atoms with Crippen molar-refractivity contribution in [2.75, 3.05) is 13.7 Å². The van der Waals surface area contributed by atoms with Gasteiger partial charge in [0.2, 0.25) is 0 Å². The van der Waals surface area contributed by atoms with Gasteiger partial charge in [-0.1, -0.05) is 0 Å². The Morgan fingerprint density at radius 2 is 2.42 bits per heavy atom. The van der Waals surface area contributed by atoms with Crippen LogP contribution >= 0.6 is 0 Å². The zero-order valence-corrected chi connectivity index (χ0v) is 7.65. The average molecular weight is 170 g/mol. The first-order chi connectivity index (χ1) is 5.72. The molecule has 1 atom stereocenters. The summed E-state index contributed by atoms with van der Waals surface area (Å²) in [6, 6.07) is 0. The lowest BCUT2D eigenvalue weighted by atomic mass is 10.4. The molecule has 0 aliphatic rings. The van der Waals surface area contributed by atoms with Crippen molar-refractivity contribution in [3.8, 4) is 5.75 Å². The van der Waals surface area contributed by atoms with Crippen LogP contribution < -0.4 is 4.74 Å². The maximum absolute atomic E-state index is 5.47. The highest BCUT2D eigenvalue weighted by atomic mass is 16.5. The molecule has 1 heterocycles. The first kappa shape index (κ1) is 9.06. The second-order valence-electron chi connectivity index (χ2n) is 2.73. The van der Waals surface area contributed by atoms with Gasteiger partial charge in [-0.2, -0.15) is 5.10 Å². The Labute approximate surface area is 72.1 Å². The number of ether oxygens (including phenoxy) is 2. The van der Waals surface area contributed by atoms with Gasteiger partial charge >= 0.3 is 0 Å². The van der Waals surface area contributed by atoms with Gasteiger partial charge in [-0.3, -0.25) is 4.68 Å². The van der Waals surface area contributed by atoms with Gasteiger partial charge in [0.05, 0.1) is 19.0 Å². The summed E-state index contributed by atoms with van der Waals surface area (Å²) in [7, 11) is 3.51. The van der Waals surface area contributed by atoms with E-state index in [9.17, 15) is 0 Å². The van der Waals surface area contributed by atoms with Gasteiger partial charge in [0, 0.05) is 14.2 Å². The van der Waals surface area contributed by atoms with Crippen LogP contribution in [0.3, 0.4) is 0 Å². The molecule has 12 heavy (non-hydrogen) atoms. The van der Waals surface area contributed by atoms with Crippen LogP contribution in [0, 0.1) is 0 Å². The van der Waals surface area contributed by atoms with E-state index in [0.29, 0.717) is 6.61 Å². The smallest absolute Gasteiger partial charge is 0.157 e. The summed E-state index contributed by atoms with van der Waals surface area (Å²) in [5.74, 6) is 0.780. The lowest BCUT2D eigenvalue weighted by Crippen LogP contribution is -2.17. The molecule has 4 heteroatoms. The minimum atomic E-state index is 0.0687. The van der Waals surface area contributed by atoms with E-state index in [-0.39, 0.29) is 6.10 Å². The van der Waals surface area contributed by atoms with Crippen LogP contribution in [0.15, 0.2) is 12.4 Å². The summed E-state index contributed by atoms with van der Waals surface area (Å²) in [5, 5.41) is 3.98. The lowest BCUT2D eigenvalue weighted by Gasteiger charge is -2.10. The van der Waals surface area contributed by atoms with Crippen LogP contribution in [0.5, 0.6) is 5.75 Å². The van der Waals surface area contributed by atoms with Gasteiger partial charge in [-0.05, 0) is 6.92 Å². The molecule has 0 amide bonds. The fourth-order valence-corrected chi connectivity index (χ4v) is 0.961. The van der Waals surface area contributed by atoms with E-state index in [1.54, 1.807) is 18.0 Å². The van der Waals surface area contributed by atoms with E-state index in [4.69, 9.17) is 9.47 Å². The number of methoxy groups -OCH3 is 1. The minimum Gasteiger partial charge on any atom is -0.485 e. The first-order valence-corrected chi connectivity index (χ1v) is 3.86. The number of nitrogens with zero attached hydrogens (tertiary/aromatic N) is 2. The minimum absolute atomic E-state index is 0.0687. The van der Waals surface area contributed by atoms with Crippen molar-refractivity contribution < 1.29 is 9.47 Å². The van der Waals surface area contributed by atoms with Crippen molar-refractivity contribution in [1.82, 2.24) is 9.78 Å². The molecule has 0 spiro atoms. The Kier molecular flexibility index (Phi) is 3.10.